The van der Waals surface area contributed by atoms with Gasteiger partial charge in [0.25, 0.3) is 5.56 Å². The zero-order chi connectivity index (χ0) is 17.1. The molecule has 1 saturated carbocycles. The van der Waals surface area contributed by atoms with Crippen LogP contribution in [-0.2, 0) is 0 Å². The Morgan fingerprint density at radius 3 is 2.75 bits per heavy atom. The number of aromatic amines is 1. The van der Waals surface area contributed by atoms with Gasteiger partial charge in [0.1, 0.15) is 5.75 Å². The van der Waals surface area contributed by atoms with Crippen LogP contribution in [0.4, 0.5) is 0 Å². The summed E-state index contributed by atoms with van der Waals surface area (Å²) in [6.45, 7) is 5.53. The minimum atomic E-state index is -0.127. The molecule has 2 aromatic rings. The van der Waals surface area contributed by atoms with Gasteiger partial charge in [-0.25, -0.2) is 0 Å². The van der Waals surface area contributed by atoms with Crippen LogP contribution in [0, 0.1) is 5.92 Å². The van der Waals surface area contributed by atoms with Crippen LogP contribution in [0.25, 0.3) is 10.8 Å². The number of aromatic nitrogens is 1. The van der Waals surface area contributed by atoms with Gasteiger partial charge in [0.15, 0.2) is 0 Å². The number of hydrogen-bond donors (Lipinski definition) is 2. The molecule has 130 valence electrons. The van der Waals surface area contributed by atoms with Gasteiger partial charge in [0, 0.05) is 17.6 Å². The van der Waals surface area contributed by atoms with E-state index < -0.39 is 0 Å². The highest BCUT2D eigenvalue weighted by Crippen LogP contribution is 2.32. The lowest BCUT2D eigenvalue weighted by atomic mass is 9.92. The molecular formula is C19H25ClN2O2. The Bertz CT molecular complexity index is 749. The van der Waals surface area contributed by atoms with Gasteiger partial charge in [0.05, 0.1) is 11.1 Å². The molecule has 2 N–H and O–H groups in total. The minimum absolute atomic E-state index is 0.127. The van der Waals surface area contributed by atoms with Gasteiger partial charge in [-0.3, -0.25) is 4.79 Å². The number of ether oxygens (including phenoxy) is 1. The first kappa shape index (κ1) is 17.3. The maximum atomic E-state index is 11.8. The molecule has 0 atom stereocenters. The highest BCUT2D eigenvalue weighted by molar-refractivity contribution is 6.32. The van der Waals surface area contributed by atoms with E-state index in [9.17, 15) is 4.79 Å². The minimum Gasteiger partial charge on any atom is -0.489 e. The topological polar surface area (TPSA) is 54.1 Å². The Balaban J connectivity index is 1.64. The van der Waals surface area contributed by atoms with Gasteiger partial charge in [-0.05, 0) is 61.7 Å². The molecular weight excluding hydrogens is 324 g/mol. The van der Waals surface area contributed by atoms with Crippen molar-refractivity contribution in [3.8, 4) is 5.75 Å². The first-order chi connectivity index (χ1) is 11.5. The molecule has 5 heteroatoms. The third kappa shape index (κ3) is 4.11. The highest BCUT2D eigenvalue weighted by Gasteiger charge is 2.23. The molecule has 0 spiro atoms. The summed E-state index contributed by atoms with van der Waals surface area (Å²) in [6, 6.07) is 6.03. The van der Waals surface area contributed by atoms with E-state index in [1.54, 1.807) is 12.3 Å². The van der Waals surface area contributed by atoms with E-state index in [1.807, 2.05) is 12.1 Å². The number of rotatable bonds is 5. The SMILES string of the molecule is CC(C)CN[C@H]1CC[C@H](Oc2cc3cc[nH]c(=O)c3cc2Cl)CC1. The van der Waals surface area contributed by atoms with Crippen molar-refractivity contribution in [1.82, 2.24) is 10.3 Å². The molecule has 0 unspecified atom stereocenters. The van der Waals surface area contributed by atoms with Crippen LogP contribution < -0.4 is 15.6 Å². The van der Waals surface area contributed by atoms with Crippen LogP contribution in [0.2, 0.25) is 5.02 Å². The van der Waals surface area contributed by atoms with Crippen LogP contribution in [0.1, 0.15) is 39.5 Å². The van der Waals surface area contributed by atoms with Crippen molar-refractivity contribution < 1.29 is 4.74 Å². The predicted octanol–water partition coefficient (Wildman–Crippen LogP) is 4.12. The fourth-order valence-corrected chi connectivity index (χ4v) is 3.45. The van der Waals surface area contributed by atoms with Gasteiger partial charge < -0.3 is 15.0 Å². The van der Waals surface area contributed by atoms with Gasteiger partial charge in [-0.2, -0.15) is 0 Å². The highest BCUT2D eigenvalue weighted by atomic mass is 35.5. The van der Waals surface area contributed by atoms with E-state index in [2.05, 4.69) is 24.1 Å². The largest absolute Gasteiger partial charge is 0.489 e. The predicted molar refractivity (Wildman–Crippen MR) is 99.1 cm³/mol. The van der Waals surface area contributed by atoms with Crippen LogP contribution in [0.5, 0.6) is 5.75 Å². The average Bonchev–Trinajstić information content (AvgIpc) is 2.56. The standard InChI is InChI=1S/C19H25ClN2O2/c1-12(2)11-22-14-3-5-15(6-4-14)24-18-9-13-7-8-21-19(23)16(13)10-17(18)20/h7-10,12,14-15,22H,3-6,11H2,1-2H3,(H,21,23)/t14-,15-. The van der Waals surface area contributed by atoms with Crippen molar-refractivity contribution in [2.45, 2.75) is 51.7 Å². The molecule has 0 amide bonds. The normalized spacial score (nSPS) is 21.3. The molecule has 1 aromatic carbocycles. The molecule has 0 saturated heterocycles. The monoisotopic (exact) mass is 348 g/mol. The quantitative estimate of drug-likeness (QED) is 0.854. The van der Waals surface area contributed by atoms with Crippen LogP contribution in [0.3, 0.4) is 0 Å². The summed E-state index contributed by atoms with van der Waals surface area (Å²) in [6.07, 6.45) is 6.15. The fraction of sp³-hybridized carbons (Fsp3) is 0.526. The lowest BCUT2D eigenvalue weighted by Gasteiger charge is -2.30. The van der Waals surface area contributed by atoms with Crippen molar-refractivity contribution in [1.29, 1.82) is 0 Å². The second-order valence-corrected chi connectivity index (χ2v) is 7.48. The molecule has 1 fully saturated rings. The zero-order valence-electron chi connectivity index (χ0n) is 14.3. The summed E-state index contributed by atoms with van der Waals surface area (Å²) in [4.78, 5) is 14.5. The van der Waals surface area contributed by atoms with Gasteiger partial charge in [0.2, 0.25) is 0 Å². The summed E-state index contributed by atoms with van der Waals surface area (Å²) in [5.74, 6) is 1.35. The van der Waals surface area contributed by atoms with E-state index >= 15 is 0 Å². The van der Waals surface area contributed by atoms with Crippen molar-refractivity contribution in [3.63, 3.8) is 0 Å². The van der Waals surface area contributed by atoms with E-state index in [1.165, 1.54) is 0 Å². The van der Waals surface area contributed by atoms with Gasteiger partial charge in [-0.1, -0.05) is 25.4 Å². The van der Waals surface area contributed by atoms with Gasteiger partial charge >= 0.3 is 0 Å². The molecule has 0 bridgehead atoms. The maximum Gasteiger partial charge on any atom is 0.255 e. The summed E-state index contributed by atoms with van der Waals surface area (Å²) < 4.78 is 6.14. The molecule has 1 heterocycles. The Morgan fingerprint density at radius 1 is 1.29 bits per heavy atom. The van der Waals surface area contributed by atoms with E-state index in [0.717, 1.165) is 37.6 Å². The molecule has 1 aliphatic carbocycles. The Morgan fingerprint density at radius 2 is 2.04 bits per heavy atom. The van der Waals surface area contributed by atoms with Crippen molar-refractivity contribution in [3.05, 3.63) is 39.8 Å². The Labute approximate surface area is 147 Å². The lowest BCUT2D eigenvalue weighted by Crippen LogP contribution is -2.37. The smallest absolute Gasteiger partial charge is 0.255 e. The molecule has 0 aliphatic heterocycles. The molecule has 1 aromatic heterocycles. The number of H-pyrrole nitrogens is 1. The first-order valence-electron chi connectivity index (χ1n) is 8.74. The molecule has 3 rings (SSSR count). The molecule has 0 radical (unpaired) electrons. The Hall–Kier alpha value is -1.52. The van der Waals surface area contributed by atoms with Crippen LogP contribution >= 0.6 is 11.6 Å². The summed E-state index contributed by atoms with van der Waals surface area (Å²) in [5.41, 5.74) is -0.127. The summed E-state index contributed by atoms with van der Waals surface area (Å²) in [7, 11) is 0. The third-order valence-electron chi connectivity index (χ3n) is 4.61. The van der Waals surface area contributed by atoms with E-state index in [4.69, 9.17) is 16.3 Å². The maximum absolute atomic E-state index is 11.8. The van der Waals surface area contributed by atoms with Crippen molar-refractivity contribution in [2.75, 3.05) is 6.54 Å². The Kier molecular flexibility index (Phi) is 5.47. The van der Waals surface area contributed by atoms with Crippen molar-refractivity contribution >= 4 is 22.4 Å². The molecule has 24 heavy (non-hydrogen) atoms. The second kappa shape index (κ2) is 7.58. The average molecular weight is 349 g/mol. The third-order valence-corrected chi connectivity index (χ3v) is 4.90. The summed E-state index contributed by atoms with van der Waals surface area (Å²) in [5, 5.41) is 5.57. The number of benzene rings is 1. The summed E-state index contributed by atoms with van der Waals surface area (Å²) >= 11 is 6.32. The second-order valence-electron chi connectivity index (χ2n) is 7.07. The number of nitrogens with one attached hydrogen (secondary N) is 2. The number of fused-ring (bicyclic) bond motifs is 1. The van der Waals surface area contributed by atoms with Crippen LogP contribution in [-0.4, -0.2) is 23.7 Å². The fourth-order valence-electron chi connectivity index (χ4n) is 3.25. The van der Waals surface area contributed by atoms with Crippen molar-refractivity contribution in [2.24, 2.45) is 5.92 Å². The number of pyridine rings is 1. The van der Waals surface area contributed by atoms with Crippen LogP contribution in [0.15, 0.2) is 29.2 Å². The molecule has 4 nitrogen and oxygen atoms in total. The molecule has 1 aliphatic rings. The number of halogens is 1. The number of hydrogen-bond acceptors (Lipinski definition) is 3. The zero-order valence-corrected chi connectivity index (χ0v) is 15.0. The van der Waals surface area contributed by atoms with E-state index in [0.29, 0.717) is 28.1 Å². The van der Waals surface area contributed by atoms with E-state index in [-0.39, 0.29) is 11.7 Å². The lowest BCUT2D eigenvalue weighted by molar-refractivity contribution is 0.139. The first-order valence-corrected chi connectivity index (χ1v) is 9.11. The van der Waals surface area contributed by atoms with Gasteiger partial charge in [-0.15, -0.1) is 0 Å².